The Hall–Kier alpha value is -1.56. The molecular formula is C12H20N5O2P. The lowest BCUT2D eigenvalue weighted by molar-refractivity contribution is -0.129. The molecular weight excluding hydrogens is 277 g/mol. The van der Waals surface area contributed by atoms with Gasteiger partial charge in [0, 0.05) is 13.6 Å². The highest BCUT2D eigenvalue weighted by atomic mass is 31.2. The van der Waals surface area contributed by atoms with Crippen LogP contribution in [0.25, 0.3) is 0 Å². The first kappa shape index (κ1) is 14.8. The molecule has 20 heavy (non-hydrogen) atoms. The van der Waals surface area contributed by atoms with Gasteiger partial charge < -0.3 is 16.1 Å². The number of nitrogens with zero attached hydrogens (tertiary/aromatic N) is 1. The molecule has 1 fully saturated rings. The third-order valence-electron chi connectivity index (χ3n) is 3.29. The largest absolute Gasteiger partial charge is 0.386 e. The summed E-state index contributed by atoms with van der Waals surface area (Å²) >= 11 is 0. The van der Waals surface area contributed by atoms with Gasteiger partial charge in [-0.15, -0.1) is 0 Å². The number of rotatable bonds is 4. The zero-order chi connectivity index (χ0) is 14.8. The number of nitrogens with one attached hydrogen (secondary N) is 2. The third-order valence-corrected chi connectivity index (χ3v) is 4.97. The lowest BCUT2D eigenvalue weighted by Crippen LogP contribution is -2.48. The maximum atomic E-state index is 12.7. The van der Waals surface area contributed by atoms with Crippen LogP contribution in [0.1, 0.15) is 12.8 Å². The molecule has 1 aromatic rings. The predicted octanol–water partition coefficient (Wildman–Crippen LogP) is 1.16. The topological polar surface area (TPSA) is 113 Å². The summed E-state index contributed by atoms with van der Waals surface area (Å²) in [6.45, 7) is 0.356. The van der Waals surface area contributed by atoms with Crippen LogP contribution in [-0.4, -0.2) is 30.2 Å². The number of hydrogen-bond acceptors (Lipinski definition) is 4. The molecule has 0 aliphatic carbocycles. The first-order valence-electron chi connectivity index (χ1n) is 6.47. The van der Waals surface area contributed by atoms with Crippen molar-refractivity contribution in [2.45, 2.75) is 18.9 Å². The van der Waals surface area contributed by atoms with E-state index in [0.717, 1.165) is 5.69 Å². The number of carbonyl (C=O) groups is 1. The number of para-hydroxylation sites is 2. The molecule has 8 heteroatoms. The summed E-state index contributed by atoms with van der Waals surface area (Å²) in [5, 5.41) is 5.75. The third kappa shape index (κ3) is 2.95. The number of carbonyl (C=O) groups excluding carboxylic acids is 1. The maximum Gasteiger partial charge on any atom is 0.330 e. The summed E-state index contributed by atoms with van der Waals surface area (Å²) in [4.78, 5) is 12.0. The molecule has 0 saturated carbocycles. The molecule has 7 nitrogen and oxygen atoms in total. The van der Waals surface area contributed by atoms with E-state index in [4.69, 9.17) is 11.2 Å². The van der Waals surface area contributed by atoms with Crippen molar-refractivity contribution in [3.8, 4) is 0 Å². The lowest BCUT2D eigenvalue weighted by Gasteiger charge is -2.35. The van der Waals surface area contributed by atoms with Crippen LogP contribution in [0.2, 0.25) is 0 Å². The second-order valence-corrected chi connectivity index (χ2v) is 6.69. The minimum Gasteiger partial charge on any atom is -0.386 e. The van der Waals surface area contributed by atoms with Gasteiger partial charge in [0.25, 0.3) is 0 Å². The van der Waals surface area contributed by atoms with Gasteiger partial charge >= 0.3 is 7.59 Å². The van der Waals surface area contributed by atoms with E-state index in [1.54, 1.807) is 19.2 Å². The van der Waals surface area contributed by atoms with Crippen molar-refractivity contribution in [3.63, 3.8) is 0 Å². The SMILES string of the molecule is CNc1ccccc1NP(N)(=O)N1CCC[C@H](N)C1=O. The fourth-order valence-corrected chi connectivity index (χ4v) is 3.75. The van der Waals surface area contributed by atoms with E-state index in [-0.39, 0.29) is 5.91 Å². The van der Waals surface area contributed by atoms with Gasteiger partial charge in [0.2, 0.25) is 5.91 Å². The summed E-state index contributed by atoms with van der Waals surface area (Å²) in [5.41, 5.74) is 12.9. The molecule has 0 spiro atoms. The normalized spacial score (nSPS) is 22.2. The minimum absolute atomic E-state index is 0.356. The maximum absolute atomic E-state index is 12.7. The second kappa shape index (κ2) is 5.83. The smallest absolute Gasteiger partial charge is 0.330 e. The van der Waals surface area contributed by atoms with Crippen molar-refractivity contribution < 1.29 is 9.36 Å². The van der Waals surface area contributed by atoms with E-state index in [2.05, 4.69) is 10.4 Å². The van der Waals surface area contributed by atoms with E-state index in [1.165, 1.54) is 4.67 Å². The number of anilines is 2. The molecule has 2 atom stereocenters. The summed E-state index contributed by atoms with van der Waals surface area (Å²) in [6.07, 6.45) is 1.30. The summed E-state index contributed by atoms with van der Waals surface area (Å²) in [5.74, 6) is -0.364. The van der Waals surface area contributed by atoms with Crippen molar-refractivity contribution in [2.75, 3.05) is 24.0 Å². The minimum atomic E-state index is -3.51. The Labute approximate surface area is 118 Å². The van der Waals surface area contributed by atoms with E-state index in [1.807, 2.05) is 12.1 Å². The molecule has 110 valence electrons. The number of amides is 1. The molecule has 0 radical (unpaired) electrons. The van der Waals surface area contributed by atoms with Crippen molar-refractivity contribution in [1.29, 1.82) is 0 Å². The highest BCUT2D eigenvalue weighted by Gasteiger charge is 2.36. The first-order chi connectivity index (χ1) is 9.45. The molecule has 1 heterocycles. The standard InChI is InChI=1S/C12H20N5O2P/c1-15-10-6-2-3-7-11(10)16-20(14,19)17-8-4-5-9(13)12(17)18/h2-3,6-7,9,15H,4-5,8,13H2,1H3,(H3,14,16,19)/t9-,20?/m0/s1. The molecule has 1 saturated heterocycles. The lowest BCUT2D eigenvalue weighted by atomic mass is 10.1. The van der Waals surface area contributed by atoms with E-state index >= 15 is 0 Å². The summed E-state index contributed by atoms with van der Waals surface area (Å²) < 4.78 is 13.8. The molecule has 1 unspecified atom stereocenters. The summed E-state index contributed by atoms with van der Waals surface area (Å²) in [7, 11) is -1.76. The molecule has 0 bridgehead atoms. The van der Waals surface area contributed by atoms with E-state index < -0.39 is 13.6 Å². The fourth-order valence-electron chi connectivity index (χ4n) is 2.21. The molecule has 1 amide bonds. The number of piperidine rings is 1. The van der Waals surface area contributed by atoms with Gasteiger partial charge in [0.15, 0.2) is 0 Å². The van der Waals surface area contributed by atoms with Crippen molar-refractivity contribution in [1.82, 2.24) is 4.67 Å². The van der Waals surface area contributed by atoms with Gasteiger partial charge in [-0.05, 0) is 25.0 Å². The monoisotopic (exact) mass is 297 g/mol. The molecule has 1 aromatic carbocycles. The van der Waals surface area contributed by atoms with Crippen LogP contribution < -0.4 is 21.6 Å². The first-order valence-corrected chi connectivity index (χ1v) is 8.19. The van der Waals surface area contributed by atoms with Gasteiger partial charge in [-0.2, -0.15) is 0 Å². The van der Waals surface area contributed by atoms with Crippen molar-refractivity contribution in [2.24, 2.45) is 11.2 Å². The van der Waals surface area contributed by atoms with Crippen LogP contribution in [0.3, 0.4) is 0 Å². The molecule has 1 aliphatic rings. The zero-order valence-corrected chi connectivity index (χ0v) is 12.3. The van der Waals surface area contributed by atoms with E-state index in [9.17, 15) is 9.36 Å². The fraction of sp³-hybridized carbons (Fsp3) is 0.417. The molecule has 6 N–H and O–H groups in total. The second-order valence-electron chi connectivity index (χ2n) is 4.74. The summed E-state index contributed by atoms with van der Waals surface area (Å²) in [6, 6.07) is 6.60. The van der Waals surface area contributed by atoms with Crippen LogP contribution in [0, 0.1) is 0 Å². The number of benzene rings is 1. The zero-order valence-electron chi connectivity index (χ0n) is 11.4. The number of hydrogen-bond donors (Lipinski definition) is 4. The number of nitrogens with two attached hydrogens (primary N) is 2. The average molecular weight is 297 g/mol. The van der Waals surface area contributed by atoms with Crippen LogP contribution in [0.15, 0.2) is 24.3 Å². The van der Waals surface area contributed by atoms with Crippen LogP contribution in [0.5, 0.6) is 0 Å². The van der Waals surface area contributed by atoms with Crippen molar-refractivity contribution >= 4 is 24.9 Å². The Morgan fingerprint density at radius 1 is 1.35 bits per heavy atom. The highest BCUT2D eigenvalue weighted by Crippen LogP contribution is 2.44. The molecule has 1 aliphatic heterocycles. The molecule has 0 aromatic heterocycles. The van der Waals surface area contributed by atoms with Crippen LogP contribution in [-0.2, 0) is 9.36 Å². The van der Waals surface area contributed by atoms with Crippen LogP contribution >= 0.6 is 7.59 Å². The van der Waals surface area contributed by atoms with Gasteiger partial charge in [0.05, 0.1) is 17.4 Å². The predicted molar refractivity (Wildman–Crippen MR) is 80.3 cm³/mol. The van der Waals surface area contributed by atoms with Crippen LogP contribution in [0.4, 0.5) is 11.4 Å². The Morgan fingerprint density at radius 3 is 2.65 bits per heavy atom. The molecule has 2 rings (SSSR count). The van der Waals surface area contributed by atoms with Gasteiger partial charge in [-0.25, -0.2) is 5.50 Å². The Balaban J connectivity index is 2.22. The Morgan fingerprint density at radius 2 is 2.00 bits per heavy atom. The highest BCUT2D eigenvalue weighted by molar-refractivity contribution is 7.61. The Bertz CT molecular complexity index is 550. The average Bonchev–Trinajstić information content (AvgIpc) is 2.42. The van der Waals surface area contributed by atoms with Gasteiger partial charge in [-0.3, -0.25) is 14.0 Å². The van der Waals surface area contributed by atoms with E-state index in [0.29, 0.717) is 25.1 Å². The Kier molecular flexibility index (Phi) is 4.32. The van der Waals surface area contributed by atoms with Gasteiger partial charge in [-0.1, -0.05) is 12.1 Å². The quantitative estimate of drug-likeness (QED) is 0.620. The van der Waals surface area contributed by atoms with Gasteiger partial charge in [0.1, 0.15) is 0 Å². The van der Waals surface area contributed by atoms with Crippen molar-refractivity contribution in [3.05, 3.63) is 24.3 Å².